The Morgan fingerprint density at radius 2 is 1.79 bits per heavy atom. The van der Waals surface area contributed by atoms with Gasteiger partial charge in [0.25, 0.3) is 0 Å². The summed E-state index contributed by atoms with van der Waals surface area (Å²) >= 11 is 0. The first kappa shape index (κ1) is 20.9. The maximum Gasteiger partial charge on any atom is 0.416 e. The van der Waals surface area contributed by atoms with Crippen molar-refractivity contribution < 1.29 is 17.9 Å². The highest BCUT2D eigenvalue weighted by Gasteiger charge is 2.30. The summed E-state index contributed by atoms with van der Waals surface area (Å²) in [5.74, 6) is 0.613. The number of aromatic amines is 1. The molecule has 1 N–H and O–H groups in total. The molecule has 0 amide bonds. The van der Waals surface area contributed by atoms with E-state index in [1.165, 1.54) is 12.1 Å². The van der Waals surface area contributed by atoms with Gasteiger partial charge in [0.2, 0.25) is 0 Å². The van der Waals surface area contributed by atoms with Gasteiger partial charge in [-0.2, -0.15) is 18.3 Å². The highest BCUT2D eigenvalue weighted by molar-refractivity contribution is 5.96. The van der Waals surface area contributed by atoms with Crippen molar-refractivity contribution in [2.24, 2.45) is 0 Å². The van der Waals surface area contributed by atoms with Gasteiger partial charge in [-0.15, -0.1) is 0 Å². The standard InChI is InChI=1S/C26H21F3N4O/c27-26(28,29)18-7-5-6-16(14-18)17-11-12-22-19(15-17)24(32-33(22)23-10-3-4-13-34-23)25-30-20-8-1-2-9-21(20)31-25/h1-2,5-9,11-12,14-15,23H,3-4,10,13H2,(H,30,31). The van der Waals surface area contributed by atoms with Gasteiger partial charge in [-0.05, 0) is 66.8 Å². The Kier molecular flexibility index (Phi) is 4.91. The fourth-order valence-electron chi connectivity index (χ4n) is 4.57. The molecule has 0 saturated carbocycles. The molecule has 2 aromatic heterocycles. The van der Waals surface area contributed by atoms with Gasteiger partial charge in [0.05, 0.1) is 22.1 Å². The quantitative estimate of drug-likeness (QED) is 0.315. The Labute approximate surface area is 193 Å². The van der Waals surface area contributed by atoms with E-state index in [1.807, 2.05) is 47.1 Å². The number of nitrogens with zero attached hydrogens (tertiary/aromatic N) is 3. The number of ether oxygens (including phenoxy) is 1. The SMILES string of the molecule is FC(F)(F)c1cccc(-c2ccc3c(c2)c(-c2nc4ccccc4[nH]2)nn3C2CCCCO2)c1. The molecule has 1 unspecified atom stereocenters. The second kappa shape index (κ2) is 7.99. The summed E-state index contributed by atoms with van der Waals surface area (Å²) in [7, 11) is 0. The normalized spacial score (nSPS) is 17.0. The van der Waals surface area contributed by atoms with Crippen molar-refractivity contribution in [2.75, 3.05) is 6.61 Å². The molecule has 172 valence electrons. The van der Waals surface area contributed by atoms with Crippen molar-refractivity contribution in [2.45, 2.75) is 31.7 Å². The maximum absolute atomic E-state index is 13.3. The minimum absolute atomic E-state index is 0.186. The van der Waals surface area contributed by atoms with E-state index in [1.54, 1.807) is 6.07 Å². The second-order valence-electron chi connectivity index (χ2n) is 8.53. The summed E-state index contributed by atoms with van der Waals surface area (Å²) in [5, 5.41) is 5.70. The molecule has 0 radical (unpaired) electrons. The number of halogens is 3. The van der Waals surface area contributed by atoms with E-state index in [2.05, 4.69) is 4.98 Å². The van der Waals surface area contributed by atoms with Crippen LogP contribution < -0.4 is 0 Å². The molecule has 5 aromatic rings. The summed E-state index contributed by atoms with van der Waals surface area (Å²) in [6.07, 6.45) is -1.66. The molecule has 1 saturated heterocycles. The first-order valence-corrected chi connectivity index (χ1v) is 11.2. The third-order valence-corrected chi connectivity index (χ3v) is 6.27. The molecule has 1 aliphatic rings. The minimum Gasteiger partial charge on any atom is -0.356 e. The van der Waals surface area contributed by atoms with Crippen molar-refractivity contribution in [3.8, 4) is 22.6 Å². The zero-order valence-corrected chi connectivity index (χ0v) is 18.1. The zero-order valence-electron chi connectivity index (χ0n) is 18.1. The van der Waals surface area contributed by atoms with Gasteiger partial charge in [0.1, 0.15) is 5.69 Å². The largest absolute Gasteiger partial charge is 0.416 e. The molecule has 34 heavy (non-hydrogen) atoms. The van der Waals surface area contributed by atoms with Gasteiger partial charge in [-0.25, -0.2) is 9.67 Å². The molecule has 0 aliphatic carbocycles. The second-order valence-corrected chi connectivity index (χ2v) is 8.53. The first-order valence-electron chi connectivity index (χ1n) is 11.2. The van der Waals surface area contributed by atoms with E-state index in [-0.39, 0.29) is 6.23 Å². The Morgan fingerprint density at radius 3 is 2.59 bits per heavy atom. The van der Waals surface area contributed by atoms with Crippen LogP contribution >= 0.6 is 0 Å². The predicted molar refractivity (Wildman–Crippen MR) is 124 cm³/mol. The van der Waals surface area contributed by atoms with Crippen LogP contribution in [-0.4, -0.2) is 26.4 Å². The number of para-hydroxylation sites is 2. The maximum atomic E-state index is 13.3. The molecule has 1 aliphatic heterocycles. The number of hydrogen-bond acceptors (Lipinski definition) is 3. The highest BCUT2D eigenvalue weighted by Crippen LogP contribution is 2.37. The van der Waals surface area contributed by atoms with Crippen LogP contribution in [0.1, 0.15) is 31.1 Å². The summed E-state index contributed by atoms with van der Waals surface area (Å²) in [4.78, 5) is 8.05. The molecular formula is C26H21F3N4O. The van der Waals surface area contributed by atoms with E-state index >= 15 is 0 Å². The van der Waals surface area contributed by atoms with E-state index < -0.39 is 11.7 Å². The number of hydrogen-bond donors (Lipinski definition) is 1. The highest BCUT2D eigenvalue weighted by atomic mass is 19.4. The Balaban J connectivity index is 1.54. The fourth-order valence-corrected chi connectivity index (χ4v) is 4.57. The number of aromatic nitrogens is 4. The molecule has 0 bridgehead atoms. The number of imidazole rings is 1. The lowest BCUT2D eigenvalue weighted by molar-refractivity contribution is -0.137. The fraction of sp³-hybridized carbons (Fsp3) is 0.231. The lowest BCUT2D eigenvalue weighted by Crippen LogP contribution is -2.19. The van der Waals surface area contributed by atoms with Crippen LogP contribution in [-0.2, 0) is 10.9 Å². The summed E-state index contributed by atoms with van der Waals surface area (Å²) in [6, 6.07) is 18.7. The number of nitrogens with one attached hydrogen (secondary N) is 1. The Morgan fingerprint density at radius 1 is 0.941 bits per heavy atom. The summed E-state index contributed by atoms with van der Waals surface area (Å²) in [5.41, 5.74) is 3.72. The monoisotopic (exact) mass is 462 g/mol. The molecular weight excluding hydrogens is 441 g/mol. The average Bonchev–Trinajstić information content (AvgIpc) is 3.45. The predicted octanol–water partition coefficient (Wildman–Crippen LogP) is 6.96. The van der Waals surface area contributed by atoms with E-state index in [0.29, 0.717) is 29.3 Å². The lowest BCUT2D eigenvalue weighted by Gasteiger charge is -2.23. The molecule has 3 heterocycles. The van der Waals surface area contributed by atoms with Crippen molar-refractivity contribution in [3.63, 3.8) is 0 Å². The van der Waals surface area contributed by atoms with Crippen LogP contribution in [0.5, 0.6) is 0 Å². The number of H-pyrrole nitrogens is 1. The van der Waals surface area contributed by atoms with Crippen LogP contribution in [0.2, 0.25) is 0 Å². The van der Waals surface area contributed by atoms with Crippen molar-refractivity contribution in [1.29, 1.82) is 0 Å². The topological polar surface area (TPSA) is 55.7 Å². The summed E-state index contributed by atoms with van der Waals surface area (Å²) < 4.78 is 47.8. The van der Waals surface area contributed by atoms with Gasteiger partial charge in [0.15, 0.2) is 12.1 Å². The molecule has 0 spiro atoms. The third-order valence-electron chi connectivity index (χ3n) is 6.27. The zero-order chi connectivity index (χ0) is 23.3. The molecule has 3 aromatic carbocycles. The minimum atomic E-state index is -4.40. The van der Waals surface area contributed by atoms with Crippen LogP contribution in [0.3, 0.4) is 0 Å². The van der Waals surface area contributed by atoms with Crippen molar-refractivity contribution in [3.05, 3.63) is 72.3 Å². The van der Waals surface area contributed by atoms with Crippen LogP contribution in [0, 0.1) is 0 Å². The van der Waals surface area contributed by atoms with E-state index in [4.69, 9.17) is 14.8 Å². The first-order chi connectivity index (χ1) is 16.5. The van der Waals surface area contributed by atoms with Gasteiger partial charge < -0.3 is 9.72 Å². The Hall–Kier alpha value is -3.65. The molecule has 5 nitrogen and oxygen atoms in total. The van der Waals surface area contributed by atoms with Crippen LogP contribution in [0.15, 0.2) is 66.7 Å². The van der Waals surface area contributed by atoms with Crippen LogP contribution in [0.4, 0.5) is 13.2 Å². The van der Waals surface area contributed by atoms with Gasteiger partial charge >= 0.3 is 6.18 Å². The molecule has 8 heteroatoms. The van der Waals surface area contributed by atoms with E-state index in [9.17, 15) is 13.2 Å². The van der Waals surface area contributed by atoms with Crippen molar-refractivity contribution in [1.82, 2.24) is 19.7 Å². The molecule has 6 rings (SSSR count). The lowest BCUT2D eigenvalue weighted by atomic mass is 10.0. The molecule has 1 fully saturated rings. The molecule has 1 atom stereocenters. The Bertz CT molecular complexity index is 1460. The summed E-state index contributed by atoms with van der Waals surface area (Å²) in [6.45, 7) is 0.675. The van der Waals surface area contributed by atoms with Gasteiger partial charge in [-0.1, -0.05) is 30.3 Å². The smallest absolute Gasteiger partial charge is 0.356 e. The number of benzene rings is 3. The van der Waals surface area contributed by atoms with Crippen molar-refractivity contribution >= 4 is 21.9 Å². The average molecular weight is 462 g/mol. The van der Waals surface area contributed by atoms with Gasteiger partial charge in [-0.3, -0.25) is 0 Å². The van der Waals surface area contributed by atoms with E-state index in [0.717, 1.165) is 47.3 Å². The number of alkyl halides is 3. The number of rotatable bonds is 3. The number of fused-ring (bicyclic) bond motifs is 2. The van der Waals surface area contributed by atoms with Crippen LogP contribution in [0.25, 0.3) is 44.6 Å². The third kappa shape index (κ3) is 3.64. The van der Waals surface area contributed by atoms with Gasteiger partial charge in [0, 0.05) is 12.0 Å².